The van der Waals surface area contributed by atoms with Crippen LogP contribution in [-0.2, 0) is 4.74 Å². The number of anilines is 1. The highest BCUT2D eigenvalue weighted by Crippen LogP contribution is 2.11. The number of hydrogen-bond donors (Lipinski definition) is 1. The molecule has 1 heterocycles. The van der Waals surface area contributed by atoms with Crippen LogP contribution in [0.4, 0.5) is 5.95 Å². The molecule has 0 saturated heterocycles. The van der Waals surface area contributed by atoms with Crippen molar-refractivity contribution in [2.24, 2.45) is 5.92 Å². The number of hydrogen-bond acceptors (Lipinski definition) is 4. The molecule has 4 nitrogen and oxygen atoms in total. The van der Waals surface area contributed by atoms with E-state index in [-0.39, 0.29) is 6.04 Å². The van der Waals surface area contributed by atoms with E-state index in [1.807, 2.05) is 6.92 Å². The summed E-state index contributed by atoms with van der Waals surface area (Å²) < 4.78 is 6.30. The molecule has 90 valence electrons. The summed E-state index contributed by atoms with van der Waals surface area (Å²) in [5.74, 6) is 1.11. The summed E-state index contributed by atoms with van der Waals surface area (Å²) in [5.41, 5.74) is 0. The number of nitrogens with one attached hydrogen (secondary N) is 1. The molecule has 1 unspecified atom stereocenters. The minimum absolute atomic E-state index is 0.237. The zero-order valence-corrected chi connectivity index (χ0v) is 11.5. The van der Waals surface area contributed by atoms with Crippen molar-refractivity contribution in [1.29, 1.82) is 0 Å². The van der Waals surface area contributed by atoms with E-state index >= 15 is 0 Å². The molecule has 1 aromatic rings. The molecule has 0 fully saturated rings. The second-order valence-corrected chi connectivity index (χ2v) is 4.79. The van der Waals surface area contributed by atoms with Crippen LogP contribution in [0.3, 0.4) is 0 Å². The van der Waals surface area contributed by atoms with Crippen molar-refractivity contribution in [2.45, 2.75) is 26.8 Å². The number of ether oxygens (including phenoxy) is 1. The highest BCUT2D eigenvalue weighted by Gasteiger charge is 2.14. The highest BCUT2D eigenvalue weighted by atomic mass is 79.9. The number of aromatic nitrogens is 2. The van der Waals surface area contributed by atoms with E-state index in [1.165, 1.54) is 0 Å². The first-order valence-corrected chi connectivity index (χ1v) is 6.24. The maximum absolute atomic E-state index is 5.43. The summed E-state index contributed by atoms with van der Waals surface area (Å²) in [6.45, 7) is 7.69. The number of rotatable bonds is 6. The van der Waals surface area contributed by atoms with Crippen LogP contribution in [0.15, 0.2) is 16.9 Å². The van der Waals surface area contributed by atoms with Gasteiger partial charge in [-0.25, -0.2) is 9.97 Å². The molecule has 0 aromatic carbocycles. The van der Waals surface area contributed by atoms with Gasteiger partial charge in [0, 0.05) is 19.0 Å². The summed E-state index contributed by atoms with van der Waals surface area (Å²) in [5, 5.41) is 3.27. The molecule has 0 amide bonds. The lowest BCUT2D eigenvalue weighted by molar-refractivity contribution is 0.126. The Hall–Kier alpha value is -0.680. The van der Waals surface area contributed by atoms with Crippen molar-refractivity contribution in [3.05, 3.63) is 16.9 Å². The first-order valence-electron chi connectivity index (χ1n) is 5.45. The number of halogens is 1. The van der Waals surface area contributed by atoms with Crippen LogP contribution in [0.5, 0.6) is 0 Å². The van der Waals surface area contributed by atoms with E-state index < -0.39 is 0 Å². The van der Waals surface area contributed by atoms with E-state index in [9.17, 15) is 0 Å². The molecule has 0 saturated carbocycles. The molecule has 0 aliphatic rings. The van der Waals surface area contributed by atoms with Crippen molar-refractivity contribution in [3.8, 4) is 0 Å². The lowest BCUT2D eigenvalue weighted by Gasteiger charge is -2.21. The van der Waals surface area contributed by atoms with Gasteiger partial charge in [0.05, 0.1) is 17.1 Å². The Labute approximate surface area is 105 Å². The first kappa shape index (κ1) is 13.4. The maximum atomic E-state index is 5.43. The van der Waals surface area contributed by atoms with Crippen molar-refractivity contribution in [1.82, 2.24) is 9.97 Å². The largest absolute Gasteiger partial charge is 0.380 e. The smallest absolute Gasteiger partial charge is 0.222 e. The van der Waals surface area contributed by atoms with Gasteiger partial charge in [0.25, 0.3) is 0 Å². The van der Waals surface area contributed by atoms with Gasteiger partial charge in [0.2, 0.25) is 5.95 Å². The summed E-state index contributed by atoms with van der Waals surface area (Å²) in [4.78, 5) is 8.37. The molecular formula is C11H18BrN3O. The van der Waals surface area contributed by atoms with Gasteiger partial charge in [-0.3, -0.25) is 0 Å². The molecule has 1 atom stereocenters. The molecular weight excluding hydrogens is 270 g/mol. The summed E-state index contributed by atoms with van der Waals surface area (Å²) in [6.07, 6.45) is 3.46. The SMILES string of the molecule is CCOCC(Nc1ncc(Br)cn1)C(C)C. The van der Waals surface area contributed by atoms with E-state index in [0.717, 1.165) is 11.1 Å². The first-order chi connectivity index (χ1) is 7.63. The van der Waals surface area contributed by atoms with Crippen LogP contribution in [0.1, 0.15) is 20.8 Å². The van der Waals surface area contributed by atoms with Gasteiger partial charge in [-0.1, -0.05) is 13.8 Å². The quantitative estimate of drug-likeness (QED) is 0.874. The van der Waals surface area contributed by atoms with Crippen LogP contribution in [0.25, 0.3) is 0 Å². The fraction of sp³-hybridized carbons (Fsp3) is 0.636. The molecule has 0 aliphatic carbocycles. The zero-order chi connectivity index (χ0) is 12.0. The fourth-order valence-electron chi connectivity index (χ4n) is 1.20. The predicted molar refractivity (Wildman–Crippen MR) is 68.5 cm³/mol. The van der Waals surface area contributed by atoms with Crippen LogP contribution in [-0.4, -0.2) is 29.2 Å². The van der Waals surface area contributed by atoms with Crippen molar-refractivity contribution >= 4 is 21.9 Å². The molecule has 0 radical (unpaired) electrons. The molecule has 0 aliphatic heterocycles. The Bertz CT molecular complexity index is 303. The van der Waals surface area contributed by atoms with E-state index in [0.29, 0.717) is 18.5 Å². The summed E-state index contributed by atoms with van der Waals surface area (Å²) >= 11 is 3.31. The Morgan fingerprint density at radius 2 is 2.00 bits per heavy atom. The predicted octanol–water partition coefficient (Wildman–Crippen LogP) is 2.71. The maximum Gasteiger partial charge on any atom is 0.222 e. The summed E-state index contributed by atoms with van der Waals surface area (Å²) in [6, 6.07) is 0.237. The lowest BCUT2D eigenvalue weighted by Crippen LogP contribution is -2.31. The Balaban J connectivity index is 2.57. The standard InChI is InChI=1S/C11H18BrN3O/c1-4-16-7-10(8(2)3)15-11-13-5-9(12)6-14-11/h5-6,8,10H,4,7H2,1-3H3,(H,13,14,15). The molecule has 1 rings (SSSR count). The molecule has 1 aromatic heterocycles. The van der Waals surface area contributed by atoms with Crippen LogP contribution < -0.4 is 5.32 Å². The average molecular weight is 288 g/mol. The Morgan fingerprint density at radius 1 is 1.38 bits per heavy atom. The molecule has 1 N–H and O–H groups in total. The van der Waals surface area contributed by atoms with Crippen LogP contribution in [0, 0.1) is 5.92 Å². The lowest BCUT2D eigenvalue weighted by atomic mass is 10.1. The van der Waals surface area contributed by atoms with Crippen molar-refractivity contribution < 1.29 is 4.74 Å². The fourth-order valence-corrected chi connectivity index (χ4v) is 1.40. The third-order valence-corrected chi connectivity index (χ3v) is 2.65. The molecule has 0 bridgehead atoms. The normalized spacial score (nSPS) is 12.8. The second kappa shape index (κ2) is 6.81. The van der Waals surface area contributed by atoms with Crippen LogP contribution in [0.2, 0.25) is 0 Å². The van der Waals surface area contributed by atoms with Crippen molar-refractivity contribution in [3.63, 3.8) is 0 Å². The topological polar surface area (TPSA) is 47.0 Å². The molecule has 16 heavy (non-hydrogen) atoms. The molecule has 5 heteroatoms. The minimum atomic E-state index is 0.237. The van der Waals surface area contributed by atoms with E-state index in [2.05, 4.69) is 45.1 Å². The van der Waals surface area contributed by atoms with Gasteiger partial charge in [-0.05, 0) is 28.8 Å². The van der Waals surface area contributed by atoms with Gasteiger partial charge in [0.15, 0.2) is 0 Å². The zero-order valence-electron chi connectivity index (χ0n) is 9.90. The van der Waals surface area contributed by atoms with E-state index in [4.69, 9.17) is 4.74 Å². The summed E-state index contributed by atoms with van der Waals surface area (Å²) in [7, 11) is 0. The van der Waals surface area contributed by atoms with Crippen molar-refractivity contribution in [2.75, 3.05) is 18.5 Å². The third-order valence-electron chi connectivity index (χ3n) is 2.24. The van der Waals surface area contributed by atoms with Gasteiger partial charge in [-0.15, -0.1) is 0 Å². The average Bonchev–Trinajstić information content (AvgIpc) is 2.26. The third kappa shape index (κ3) is 4.45. The van der Waals surface area contributed by atoms with Gasteiger partial charge >= 0.3 is 0 Å². The second-order valence-electron chi connectivity index (χ2n) is 3.88. The van der Waals surface area contributed by atoms with Gasteiger partial charge in [0.1, 0.15) is 0 Å². The highest BCUT2D eigenvalue weighted by molar-refractivity contribution is 9.10. The van der Waals surface area contributed by atoms with E-state index in [1.54, 1.807) is 12.4 Å². The number of nitrogens with zero attached hydrogens (tertiary/aromatic N) is 2. The Morgan fingerprint density at radius 3 is 2.50 bits per heavy atom. The van der Waals surface area contributed by atoms with Gasteiger partial charge < -0.3 is 10.1 Å². The molecule has 0 spiro atoms. The Kier molecular flexibility index (Phi) is 5.69. The van der Waals surface area contributed by atoms with Crippen LogP contribution >= 0.6 is 15.9 Å². The minimum Gasteiger partial charge on any atom is -0.380 e. The monoisotopic (exact) mass is 287 g/mol. The van der Waals surface area contributed by atoms with Gasteiger partial charge in [-0.2, -0.15) is 0 Å².